The van der Waals surface area contributed by atoms with Gasteiger partial charge in [0.05, 0.1) is 51.3 Å². The second-order valence-electron chi connectivity index (χ2n) is 21.6. The highest BCUT2D eigenvalue weighted by Crippen LogP contribution is 2.50. The van der Waals surface area contributed by atoms with Crippen molar-refractivity contribution in [2.75, 3.05) is 9.80 Å². The number of nitrogens with zero attached hydrogens (tertiary/aromatic N) is 5. The summed E-state index contributed by atoms with van der Waals surface area (Å²) in [5.74, 6) is 0. The zero-order chi connectivity index (χ0) is 70.8. The number of hydrogen-bond donors (Lipinski definition) is 0. The van der Waals surface area contributed by atoms with Crippen molar-refractivity contribution in [1.29, 1.82) is 5.26 Å². The Morgan fingerprint density at radius 1 is 0.349 bits per heavy atom. The van der Waals surface area contributed by atoms with Gasteiger partial charge in [0.2, 0.25) is 0 Å². The minimum Gasteiger partial charge on any atom is -0.311 e. The van der Waals surface area contributed by atoms with E-state index in [1.807, 2.05) is 163 Å². The second kappa shape index (κ2) is 19.6. The van der Waals surface area contributed by atoms with Gasteiger partial charge in [0.1, 0.15) is 11.6 Å². The molecule has 0 radical (unpaired) electrons. The fourth-order valence-corrected chi connectivity index (χ4v) is 13.2. The van der Waals surface area contributed by atoms with E-state index in [2.05, 4.69) is 33.7 Å². The molecular formula is C80H52BN5. The van der Waals surface area contributed by atoms with Crippen molar-refractivity contribution in [2.24, 2.45) is 0 Å². The van der Waals surface area contributed by atoms with E-state index in [0.29, 0.717) is 61.9 Å². The van der Waals surface area contributed by atoms with Gasteiger partial charge in [-0.05, 0) is 153 Å². The largest absolute Gasteiger partial charge is 0.311 e. The van der Waals surface area contributed by atoms with Crippen LogP contribution in [0.1, 0.15) is 33.1 Å². The zero-order valence-electron chi connectivity index (χ0n) is 61.6. The van der Waals surface area contributed by atoms with Gasteiger partial charge in [-0.2, -0.15) is 5.26 Å². The number of aromatic nitrogens is 2. The van der Waals surface area contributed by atoms with E-state index in [4.69, 9.17) is 13.7 Å². The van der Waals surface area contributed by atoms with Gasteiger partial charge in [0.15, 0.2) is 0 Å². The van der Waals surface area contributed by atoms with E-state index in [0.717, 1.165) is 49.5 Å². The molecule has 2 aliphatic heterocycles. The monoisotopic (exact) mass is 1110 g/mol. The molecule has 0 aliphatic carbocycles. The number of nitriles is 1. The Bertz CT molecular complexity index is 5990. The normalized spacial score (nSPS) is 15.2. The van der Waals surface area contributed by atoms with E-state index < -0.39 is 92.1 Å². The van der Waals surface area contributed by atoms with Crippen molar-refractivity contribution in [3.8, 4) is 62.0 Å². The van der Waals surface area contributed by atoms with Crippen LogP contribution in [0.5, 0.6) is 0 Å². The average Bonchev–Trinajstić information content (AvgIpc) is 0.979. The molecule has 17 rings (SSSR count). The van der Waals surface area contributed by atoms with Gasteiger partial charge in [-0.1, -0.05) is 218 Å². The van der Waals surface area contributed by atoms with Crippen LogP contribution in [0.3, 0.4) is 0 Å². The summed E-state index contributed by atoms with van der Waals surface area (Å²) in [6.45, 7) is -3.24. The van der Waals surface area contributed by atoms with Crippen LogP contribution in [0.2, 0.25) is 0 Å². The molecule has 0 saturated heterocycles. The lowest BCUT2D eigenvalue weighted by Gasteiger charge is -2.45. The van der Waals surface area contributed by atoms with Gasteiger partial charge >= 0.3 is 0 Å². The standard InChI is InChI=1S/C80H52BN5/c1-52-36-38-56(39-37-52)60-48-78-80-79(49-60)86(75-35-19-34-74(67(75)51-82)85-72-32-17-13-28-65(72)66-29-14-18-33-73(66)85)76-47-57(53-20-5-2-6-21-53)40-42-68(76)81(80)69-43-41-61(83-70-30-15-11-26-63(70)64-27-12-16-31-71(64)83)50-77(69)84(78)62-45-58(54-22-7-3-8-23-54)44-59(46-62)55-24-9-4-10-25-55/h2-50H,1H3/i1D3,2D,5D,6D,11D,12D,15D,16D,20D,21D,26D,27D,30D,31D. The van der Waals surface area contributed by atoms with Crippen molar-refractivity contribution >= 4 is 101 Å². The smallest absolute Gasteiger partial charge is 0.252 e. The Balaban J connectivity index is 1.05. The molecule has 4 heterocycles. The zero-order valence-corrected chi connectivity index (χ0v) is 45.6. The molecular weight excluding hydrogens is 1040 g/mol. The third-order valence-corrected chi connectivity index (χ3v) is 16.9. The minimum absolute atomic E-state index is 0.0626. The molecule has 0 N–H and O–H groups in total. The van der Waals surface area contributed by atoms with Crippen molar-refractivity contribution in [3.63, 3.8) is 0 Å². The molecule has 0 bridgehead atoms. The van der Waals surface area contributed by atoms with Crippen molar-refractivity contribution < 1.29 is 21.9 Å². The van der Waals surface area contributed by atoms with E-state index in [9.17, 15) is 13.5 Å². The van der Waals surface area contributed by atoms with Crippen molar-refractivity contribution in [1.82, 2.24) is 9.13 Å². The van der Waals surface area contributed by atoms with Gasteiger partial charge in [0, 0.05) is 59.8 Å². The summed E-state index contributed by atoms with van der Waals surface area (Å²) < 4.78 is 148. The Labute approximate surface area is 522 Å². The Kier molecular flexibility index (Phi) is 8.12. The SMILES string of the molecule is [2H]c1c([2H])c([2H])c(-c2ccc3c(c2)N(c2cccc(-n4c5ccccc5c5ccccc54)c2C#N)c2cc(-c4ccc(C([2H])([2H])[2H])cc4)cc4c2B3c2ccc(-n3c5c([2H])c([2H])c([2H])c([2H])c5c5c([2H])c([2H])c([2H])c([2H])c53)cc2N4c2cc(-c3ccccc3)cc(-c3ccccc3)c2)c([2H])c1[2H]. The van der Waals surface area contributed by atoms with Crippen LogP contribution in [0, 0.1) is 18.2 Å². The minimum atomic E-state index is -2.46. The summed E-state index contributed by atoms with van der Waals surface area (Å²) in [5.41, 5.74) is 12.8. The van der Waals surface area contributed by atoms with Crippen LogP contribution in [0.15, 0.2) is 297 Å². The van der Waals surface area contributed by atoms with Crippen LogP contribution in [0.4, 0.5) is 34.1 Å². The van der Waals surface area contributed by atoms with Gasteiger partial charge in [-0.15, -0.1) is 0 Å². The van der Waals surface area contributed by atoms with Crippen molar-refractivity contribution in [3.05, 3.63) is 308 Å². The summed E-state index contributed by atoms with van der Waals surface area (Å²) in [5, 5.41) is 13.9. The first-order valence-corrected chi connectivity index (χ1v) is 28.2. The fourth-order valence-electron chi connectivity index (χ4n) is 13.2. The number of para-hydroxylation sites is 4. The fraction of sp³-hybridized carbons (Fsp3) is 0.0125. The van der Waals surface area contributed by atoms with E-state index in [-0.39, 0.29) is 49.7 Å². The lowest BCUT2D eigenvalue weighted by molar-refractivity contribution is 1.15. The van der Waals surface area contributed by atoms with Crippen LogP contribution in [-0.4, -0.2) is 15.8 Å². The highest BCUT2D eigenvalue weighted by Gasteiger charge is 2.45. The second-order valence-corrected chi connectivity index (χ2v) is 21.6. The van der Waals surface area contributed by atoms with Crippen LogP contribution >= 0.6 is 0 Å². The number of anilines is 6. The first-order valence-electron chi connectivity index (χ1n) is 36.2. The molecule has 0 spiro atoms. The Morgan fingerprint density at radius 2 is 0.872 bits per heavy atom. The summed E-state index contributed by atoms with van der Waals surface area (Å²) in [6, 6.07) is 65.4. The Morgan fingerprint density at radius 3 is 1.51 bits per heavy atom. The quantitative estimate of drug-likeness (QED) is 0.142. The van der Waals surface area contributed by atoms with E-state index in [1.54, 1.807) is 42.5 Å². The van der Waals surface area contributed by atoms with Crippen LogP contribution in [-0.2, 0) is 0 Å². The van der Waals surface area contributed by atoms with Gasteiger partial charge in [-0.3, -0.25) is 0 Å². The maximum Gasteiger partial charge on any atom is 0.252 e. The maximum absolute atomic E-state index is 12.1. The topological polar surface area (TPSA) is 40.1 Å². The summed E-state index contributed by atoms with van der Waals surface area (Å²) in [4.78, 5) is 4.13. The Hall–Kier alpha value is -11.4. The molecule has 0 saturated carbocycles. The molecule has 2 aromatic heterocycles. The first kappa shape index (κ1) is 35.6. The third kappa shape index (κ3) is 7.65. The van der Waals surface area contributed by atoms with Crippen molar-refractivity contribution in [2.45, 2.75) is 6.85 Å². The molecule has 6 heteroatoms. The predicted molar refractivity (Wildman–Crippen MR) is 360 cm³/mol. The molecule has 13 aromatic carbocycles. The molecule has 0 atom stereocenters. The summed E-state index contributed by atoms with van der Waals surface area (Å²) in [6.07, 6.45) is 0. The highest BCUT2D eigenvalue weighted by molar-refractivity contribution is 7.00. The van der Waals surface area contributed by atoms with Gasteiger partial charge < -0.3 is 18.9 Å². The maximum atomic E-state index is 12.1. The van der Waals surface area contributed by atoms with E-state index >= 15 is 0 Å². The molecule has 0 fully saturated rings. The number of rotatable bonds is 8. The molecule has 15 aromatic rings. The van der Waals surface area contributed by atoms with Gasteiger partial charge in [0.25, 0.3) is 6.71 Å². The number of benzene rings is 13. The summed E-state index contributed by atoms with van der Waals surface area (Å²) in [7, 11) is 0. The average molecular weight is 1110 g/mol. The van der Waals surface area contributed by atoms with Crippen LogP contribution < -0.4 is 26.2 Å². The summed E-state index contributed by atoms with van der Waals surface area (Å²) >= 11 is 0. The third-order valence-electron chi connectivity index (χ3n) is 16.9. The lowest BCUT2D eigenvalue weighted by atomic mass is 9.33. The molecule has 2 aliphatic rings. The predicted octanol–water partition coefficient (Wildman–Crippen LogP) is 18.8. The van der Waals surface area contributed by atoms with Gasteiger partial charge in [-0.25, -0.2) is 0 Å². The molecule has 86 heavy (non-hydrogen) atoms. The molecule has 0 unspecified atom stereocenters. The number of fused-ring (bicyclic) bond motifs is 10. The first-order chi connectivity index (χ1) is 49.1. The molecule has 0 amide bonds. The molecule has 400 valence electrons. The number of aryl methyl sites for hydroxylation is 1. The highest BCUT2D eigenvalue weighted by atomic mass is 15.2. The van der Waals surface area contributed by atoms with Crippen LogP contribution in [0.25, 0.3) is 99.5 Å². The number of hydrogen-bond acceptors (Lipinski definition) is 3. The van der Waals surface area contributed by atoms with E-state index in [1.165, 1.54) is 4.57 Å². The molecule has 5 nitrogen and oxygen atoms in total. The lowest BCUT2D eigenvalue weighted by Crippen LogP contribution is -2.61.